The molecule has 0 saturated heterocycles. The molecule has 1 heterocycles. The standard InChI is InChI=1S/C21H25FN4O2/c1-16(17-7-9-19(10-8-17)26-15-23-14-24-26)25(2)11-20(27)13-28-12-18-5-3-4-6-21(18)22/h3-10,14-16,20,27H,11-13H2,1-2H3. The second kappa shape index (κ2) is 9.54. The maximum Gasteiger partial charge on any atom is 0.138 e. The Bertz CT molecular complexity index is 855. The number of aliphatic hydroxyl groups is 1. The number of rotatable bonds is 9. The van der Waals surface area contributed by atoms with E-state index in [1.807, 2.05) is 31.3 Å². The van der Waals surface area contributed by atoms with Gasteiger partial charge in [0.05, 0.1) is 25.0 Å². The van der Waals surface area contributed by atoms with Gasteiger partial charge in [0, 0.05) is 18.2 Å². The Kier molecular flexibility index (Phi) is 6.86. The SMILES string of the molecule is CC(c1ccc(-n2cncn2)cc1)N(C)CC(O)COCc1ccccc1F. The molecule has 0 aliphatic carbocycles. The smallest absolute Gasteiger partial charge is 0.138 e. The summed E-state index contributed by atoms with van der Waals surface area (Å²) in [5, 5.41) is 14.4. The zero-order valence-corrected chi connectivity index (χ0v) is 16.1. The van der Waals surface area contributed by atoms with E-state index in [1.165, 1.54) is 12.4 Å². The molecule has 3 rings (SSSR count). The van der Waals surface area contributed by atoms with Crippen molar-refractivity contribution in [3.8, 4) is 5.69 Å². The van der Waals surface area contributed by atoms with Crippen LogP contribution in [0.3, 0.4) is 0 Å². The van der Waals surface area contributed by atoms with Crippen molar-refractivity contribution in [3.63, 3.8) is 0 Å². The average molecular weight is 384 g/mol. The van der Waals surface area contributed by atoms with Crippen LogP contribution in [-0.4, -0.2) is 51.1 Å². The number of ether oxygens (including phenoxy) is 1. The highest BCUT2D eigenvalue weighted by Gasteiger charge is 2.16. The van der Waals surface area contributed by atoms with Crippen LogP contribution in [0.25, 0.3) is 5.69 Å². The Hall–Kier alpha value is -2.61. The highest BCUT2D eigenvalue weighted by molar-refractivity contribution is 5.34. The van der Waals surface area contributed by atoms with Gasteiger partial charge in [-0.2, -0.15) is 5.10 Å². The van der Waals surface area contributed by atoms with Crippen LogP contribution in [0, 0.1) is 5.82 Å². The van der Waals surface area contributed by atoms with Gasteiger partial charge in [-0.15, -0.1) is 0 Å². The summed E-state index contributed by atoms with van der Waals surface area (Å²) in [6.07, 6.45) is 2.50. The van der Waals surface area contributed by atoms with Crippen LogP contribution in [0.5, 0.6) is 0 Å². The lowest BCUT2D eigenvalue weighted by atomic mass is 10.1. The molecule has 7 heteroatoms. The van der Waals surface area contributed by atoms with Gasteiger partial charge in [0.25, 0.3) is 0 Å². The fraction of sp³-hybridized carbons (Fsp3) is 0.333. The topological polar surface area (TPSA) is 63.4 Å². The number of aliphatic hydroxyl groups excluding tert-OH is 1. The molecule has 0 bridgehead atoms. The summed E-state index contributed by atoms with van der Waals surface area (Å²) in [5.74, 6) is -0.294. The predicted octanol–water partition coefficient (Wildman–Crippen LogP) is 2.98. The summed E-state index contributed by atoms with van der Waals surface area (Å²) in [7, 11) is 1.95. The molecule has 0 fully saturated rings. The Balaban J connectivity index is 1.48. The van der Waals surface area contributed by atoms with Gasteiger partial charge in [-0.05, 0) is 37.7 Å². The number of benzene rings is 2. The van der Waals surface area contributed by atoms with Crippen molar-refractivity contribution in [2.75, 3.05) is 20.2 Å². The molecule has 0 radical (unpaired) electrons. The summed E-state index contributed by atoms with van der Waals surface area (Å²) in [4.78, 5) is 6.01. The number of aromatic nitrogens is 3. The maximum absolute atomic E-state index is 13.6. The van der Waals surface area contributed by atoms with Gasteiger partial charge < -0.3 is 9.84 Å². The molecule has 2 unspecified atom stereocenters. The summed E-state index contributed by atoms with van der Waals surface area (Å²) >= 11 is 0. The van der Waals surface area contributed by atoms with E-state index in [1.54, 1.807) is 29.2 Å². The van der Waals surface area contributed by atoms with E-state index < -0.39 is 6.10 Å². The maximum atomic E-state index is 13.6. The molecule has 2 atom stereocenters. The van der Waals surface area contributed by atoms with E-state index in [9.17, 15) is 9.50 Å². The van der Waals surface area contributed by atoms with Crippen LogP contribution in [-0.2, 0) is 11.3 Å². The number of likely N-dealkylation sites (N-methyl/N-ethyl adjacent to an activating group) is 1. The molecule has 0 aliphatic heterocycles. The van der Waals surface area contributed by atoms with Crippen LogP contribution in [0.15, 0.2) is 61.2 Å². The molecule has 6 nitrogen and oxygen atoms in total. The molecule has 0 aliphatic rings. The second-order valence-electron chi connectivity index (χ2n) is 6.81. The third-order valence-corrected chi connectivity index (χ3v) is 4.74. The van der Waals surface area contributed by atoms with E-state index in [0.29, 0.717) is 12.1 Å². The lowest BCUT2D eigenvalue weighted by molar-refractivity contribution is 0.00779. The molecular formula is C21H25FN4O2. The fourth-order valence-electron chi connectivity index (χ4n) is 2.97. The van der Waals surface area contributed by atoms with Crippen molar-refractivity contribution in [2.45, 2.75) is 25.7 Å². The van der Waals surface area contributed by atoms with E-state index >= 15 is 0 Å². The highest BCUT2D eigenvalue weighted by Crippen LogP contribution is 2.20. The van der Waals surface area contributed by atoms with Gasteiger partial charge in [0.1, 0.15) is 18.5 Å². The molecule has 28 heavy (non-hydrogen) atoms. The van der Waals surface area contributed by atoms with Crippen LogP contribution >= 0.6 is 0 Å². The van der Waals surface area contributed by atoms with Crippen molar-refractivity contribution in [2.24, 2.45) is 0 Å². The Labute approximate surface area is 164 Å². The minimum Gasteiger partial charge on any atom is -0.389 e. The average Bonchev–Trinajstić information content (AvgIpc) is 3.24. The predicted molar refractivity (Wildman–Crippen MR) is 104 cm³/mol. The van der Waals surface area contributed by atoms with E-state index in [-0.39, 0.29) is 25.1 Å². The van der Waals surface area contributed by atoms with Crippen molar-refractivity contribution >= 4 is 0 Å². The zero-order chi connectivity index (χ0) is 19.9. The first-order valence-electron chi connectivity index (χ1n) is 9.19. The molecule has 0 amide bonds. The van der Waals surface area contributed by atoms with Crippen LogP contribution < -0.4 is 0 Å². The van der Waals surface area contributed by atoms with Gasteiger partial charge >= 0.3 is 0 Å². The molecular weight excluding hydrogens is 359 g/mol. The number of halogens is 1. The Morgan fingerprint density at radius 2 is 1.93 bits per heavy atom. The summed E-state index contributed by atoms with van der Waals surface area (Å²) < 4.78 is 20.8. The first kappa shape index (κ1) is 20.1. The summed E-state index contributed by atoms with van der Waals surface area (Å²) in [5.41, 5.74) is 2.56. The first-order valence-corrected chi connectivity index (χ1v) is 9.19. The fourth-order valence-corrected chi connectivity index (χ4v) is 2.97. The highest BCUT2D eigenvalue weighted by atomic mass is 19.1. The van der Waals surface area contributed by atoms with Crippen molar-refractivity contribution in [1.29, 1.82) is 0 Å². The third kappa shape index (κ3) is 5.22. The lowest BCUT2D eigenvalue weighted by Gasteiger charge is -2.27. The first-order chi connectivity index (χ1) is 13.5. The van der Waals surface area contributed by atoms with Gasteiger partial charge in [-0.1, -0.05) is 30.3 Å². The molecule has 0 spiro atoms. The van der Waals surface area contributed by atoms with Crippen molar-refractivity contribution in [1.82, 2.24) is 19.7 Å². The summed E-state index contributed by atoms with van der Waals surface area (Å²) in [6, 6.07) is 14.7. The lowest BCUT2D eigenvalue weighted by Crippen LogP contribution is -2.34. The quantitative estimate of drug-likeness (QED) is 0.615. The van der Waals surface area contributed by atoms with Gasteiger partial charge in [0.2, 0.25) is 0 Å². The van der Waals surface area contributed by atoms with E-state index in [4.69, 9.17) is 4.74 Å². The minimum atomic E-state index is -0.659. The Morgan fingerprint density at radius 3 is 2.61 bits per heavy atom. The molecule has 1 aromatic heterocycles. The molecule has 3 aromatic rings. The second-order valence-corrected chi connectivity index (χ2v) is 6.81. The zero-order valence-electron chi connectivity index (χ0n) is 16.1. The normalized spacial score (nSPS) is 13.6. The van der Waals surface area contributed by atoms with Gasteiger partial charge in [-0.3, -0.25) is 4.90 Å². The van der Waals surface area contributed by atoms with E-state index in [0.717, 1.165) is 11.3 Å². The summed E-state index contributed by atoms with van der Waals surface area (Å²) in [6.45, 7) is 2.82. The molecule has 2 aromatic carbocycles. The van der Waals surface area contributed by atoms with E-state index in [2.05, 4.69) is 21.9 Å². The molecule has 0 saturated carbocycles. The number of nitrogens with zero attached hydrogens (tertiary/aromatic N) is 4. The van der Waals surface area contributed by atoms with Crippen LogP contribution in [0.4, 0.5) is 4.39 Å². The number of hydrogen-bond donors (Lipinski definition) is 1. The van der Waals surface area contributed by atoms with Crippen molar-refractivity contribution in [3.05, 3.63) is 78.1 Å². The van der Waals surface area contributed by atoms with Crippen LogP contribution in [0.1, 0.15) is 24.1 Å². The number of hydrogen-bond acceptors (Lipinski definition) is 5. The molecule has 1 N–H and O–H groups in total. The van der Waals surface area contributed by atoms with Crippen LogP contribution in [0.2, 0.25) is 0 Å². The van der Waals surface area contributed by atoms with Crippen molar-refractivity contribution < 1.29 is 14.2 Å². The largest absolute Gasteiger partial charge is 0.389 e. The Morgan fingerprint density at radius 1 is 1.18 bits per heavy atom. The van der Waals surface area contributed by atoms with Gasteiger partial charge in [-0.25, -0.2) is 14.1 Å². The third-order valence-electron chi connectivity index (χ3n) is 4.74. The monoisotopic (exact) mass is 384 g/mol. The molecule has 148 valence electrons. The minimum absolute atomic E-state index is 0.117. The van der Waals surface area contributed by atoms with Gasteiger partial charge in [0.15, 0.2) is 0 Å².